The van der Waals surface area contributed by atoms with Crippen molar-refractivity contribution in [3.05, 3.63) is 11.6 Å². The summed E-state index contributed by atoms with van der Waals surface area (Å²) in [5.41, 5.74) is 0.215. The van der Waals surface area contributed by atoms with Gasteiger partial charge in [-0.1, -0.05) is 13.8 Å². The van der Waals surface area contributed by atoms with Crippen molar-refractivity contribution in [3.63, 3.8) is 0 Å². The number of ether oxygens (including phenoxy) is 2. The minimum Gasteiger partial charge on any atom is -0.458 e. The molecule has 0 spiro atoms. The molecular weight excluding hydrogens is 490 g/mol. The third kappa shape index (κ3) is 3.80. The van der Waals surface area contributed by atoms with Crippen LogP contribution in [0.3, 0.4) is 0 Å². The molecule has 214 valence electrons. The van der Waals surface area contributed by atoms with Gasteiger partial charge in [-0.15, -0.1) is 0 Å². The van der Waals surface area contributed by atoms with Gasteiger partial charge in [0.2, 0.25) is 0 Å². The predicted octanol–water partition coefficient (Wildman–Crippen LogP) is 1.91. The maximum atomic E-state index is 12.4. The fraction of sp³-hybridized carbons (Fsp3) is 0.897. The average Bonchev–Trinajstić information content (AvgIpc) is 3.44. The molecule has 2 aliphatic heterocycles. The zero-order valence-corrected chi connectivity index (χ0v) is 22.9. The summed E-state index contributed by atoms with van der Waals surface area (Å²) < 4.78 is 11.0. The Hall–Kier alpha value is -1.07. The van der Waals surface area contributed by atoms with Crippen molar-refractivity contribution < 1.29 is 39.5 Å². The Balaban J connectivity index is 1.19. The molecule has 5 fully saturated rings. The fourth-order valence-corrected chi connectivity index (χ4v) is 10.1. The zero-order valence-electron chi connectivity index (χ0n) is 22.9. The summed E-state index contributed by atoms with van der Waals surface area (Å²) >= 11 is 0. The SMILES string of the molecule is CON(C1OC[C@H](O)[C@@H](O)[C@H]1O)[C@@H]1CC[C@@]2(C)C(CCC3C2CC[C@]2(C)[C@@H](C4=CC(=O)OC4)CC[C@]32O)C1. The number of hydroxylamine groups is 2. The maximum Gasteiger partial charge on any atom is 0.331 e. The van der Waals surface area contributed by atoms with Gasteiger partial charge in [0.1, 0.15) is 24.9 Å². The average molecular weight is 536 g/mol. The summed E-state index contributed by atoms with van der Waals surface area (Å²) in [6.45, 7) is 5.01. The Morgan fingerprint density at radius 3 is 2.50 bits per heavy atom. The molecule has 4 saturated carbocycles. The standard InChI is InChI=1S/C29H45NO8/c1-27-9-6-18(30(36-3)26-25(34)24(33)22(31)15-38-26)13-17(27)4-5-21-20(27)7-10-28(2)19(8-11-29(21,28)35)16-12-23(32)37-14-16/h12,17-22,24-26,31,33-35H,4-11,13-15H2,1-3H3/t17?,18-,19-,20?,21?,22+,24-,25-,26?,27+,28-,29+/m1/s1. The van der Waals surface area contributed by atoms with E-state index in [4.69, 9.17) is 14.3 Å². The van der Waals surface area contributed by atoms with Crippen LogP contribution in [-0.2, 0) is 19.1 Å². The first kappa shape index (κ1) is 27.1. The van der Waals surface area contributed by atoms with Crippen LogP contribution in [0.4, 0.5) is 0 Å². The monoisotopic (exact) mass is 535 g/mol. The van der Waals surface area contributed by atoms with Gasteiger partial charge in [-0.25, -0.2) is 4.79 Å². The highest BCUT2D eigenvalue weighted by molar-refractivity contribution is 5.85. The van der Waals surface area contributed by atoms with Gasteiger partial charge in [-0.05, 0) is 92.4 Å². The van der Waals surface area contributed by atoms with E-state index in [0.717, 1.165) is 63.4 Å². The van der Waals surface area contributed by atoms with Crippen LogP contribution < -0.4 is 0 Å². The summed E-state index contributed by atoms with van der Waals surface area (Å²) in [5.74, 6) is 1.11. The number of carbonyl (C=O) groups is 1. The lowest BCUT2D eigenvalue weighted by atomic mass is 9.43. The largest absolute Gasteiger partial charge is 0.458 e. The van der Waals surface area contributed by atoms with E-state index in [2.05, 4.69) is 13.8 Å². The highest BCUT2D eigenvalue weighted by Crippen LogP contribution is 2.70. The van der Waals surface area contributed by atoms with E-state index in [1.165, 1.54) is 0 Å². The summed E-state index contributed by atoms with van der Waals surface area (Å²) in [6.07, 6.45) is 5.76. The van der Waals surface area contributed by atoms with Crippen LogP contribution in [0.2, 0.25) is 0 Å². The summed E-state index contributed by atoms with van der Waals surface area (Å²) in [5, 5.41) is 44.9. The Labute approximate surface area is 225 Å². The summed E-state index contributed by atoms with van der Waals surface area (Å²) in [7, 11) is 1.57. The lowest BCUT2D eigenvalue weighted by Gasteiger charge is -2.64. The van der Waals surface area contributed by atoms with E-state index in [0.29, 0.717) is 18.4 Å². The molecule has 0 radical (unpaired) electrons. The quantitative estimate of drug-likeness (QED) is 0.315. The normalized spacial score (nSPS) is 52.7. The van der Waals surface area contributed by atoms with Crippen LogP contribution in [0, 0.1) is 34.5 Å². The van der Waals surface area contributed by atoms with E-state index in [9.17, 15) is 25.2 Å². The third-order valence-corrected chi connectivity index (χ3v) is 12.3. The second-order valence-corrected chi connectivity index (χ2v) is 13.5. The van der Waals surface area contributed by atoms with Gasteiger partial charge in [-0.3, -0.25) is 4.84 Å². The van der Waals surface area contributed by atoms with Gasteiger partial charge in [-0.2, -0.15) is 5.06 Å². The van der Waals surface area contributed by atoms with Gasteiger partial charge in [0, 0.05) is 17.5 Å². The number of cyclic esters (lactones) is 1. The molecule has 1 saturated heterocycles. The van der Waals surface area contributed by atoms with Crippen molar-refractivity contribution in [2.24, 2.45) is 34.5 Å². The fourth-order valence-electron chi connectivity index (χ4n) is 10.1. The number of hydrogen-bond donors (Lipinski definition) is 4. The zero-order chi connectivity index (χ0) is 27.0. The van der Waals surface area contributed by atoms with Crippen LogP contribution in [0.1, 0.15) is 71.6 Å². The van der Waals surface area contributed by atoms with E-state index in [-0.39, 0.29) is 41.3 Å². The molecule has 0 amide bonds. The predicted molar refractivity (Wildman–Crippen MR) is 136 cm³/mol. The van der Waals surface area contributed by atoms with E-state index in [1.807, 2.05) is 0 Å². The van der Waals surface area contributed by atoms with Crippen LogP contribution in [0.25, 0.3) is 0 Å². The molecule has 0 aromatic rings. The van der Waals surface area contributed by atoms with Crippen LogP contribution in [0.15, 0.2) is 11.6 Å². The first-order valence-corrected chi connectivity index (χ1v) is 14.6. The Morgan fingerprint density at radius 1 is 1.00 bits per heavy atom. The number of fused-ring (bicyclic) bond motifs is 5. The molecule has 12 atom stereocenters. The van der Waals surface area contributed by atoms with Gasteiger partial charge >= 0.3 is 5.97 Å². The first-order valence-electron chi connectivity index (χ1n) is 14.6. The number of rotatable bonds is 4. The van der Waals surface area contributed by atoms with Crippen LogP contribution in [0.5, 0.6) is 0 Å². The number of hydrogen-bond acceptors (Lipinski definition) is 9. The highest BCUT2D eigenvalue weighted by atomic mass is 16.7. The second-order valence-electron chi connectivity index (χ2n) is 13.5. The molecule has 6 aliphatic rings. The maximum absolute atomic E-state index is 12.4. The molecule has 0 aromatic heterocycles. The molecule has 4 unspecified atom stereocenters. The molecule has 4 aliphatic carbocycles. The lowest BCUT2D eigenvalue weighted by Crippen LogP contribution is -2.64. The van der Waals surface area contributed by atoms with Gasteiger partial charge in [0.25, 0.3) is 0 Å². The Morgan fingerprint density at radius 2 is 1.79 bits per heavy atom. The molecule has 0 bridgehead atoms. The van der Waals surface area contributed by atoms with E-state index in [1.54, 1.807) is 18.2 Å². The van der Waals surface area contributed by atoms with Crippen molar-refractivity contribution >= 4 is 5.97 Å². The van der Waals surface area contributed by atoms with Gasteiger partial charge < -0.3 is 29.9 Å². The summed E-state index contributed by atoms with van der Waals surface area (Å²) in [4.78, 5) is 17.5. The van der Waals surface area contributed by atoms with Crippen LogP contribution >= 0.6 is 0 Å². The number of esters is 1. The Kier molecular flexibility index (Phi) is 6.78. The molecular formula is C29H45NO8. The van der Waals surface area contributed by atoms with Gasteiger partial charge in [0.05, 0.1) is 19.3 Å². The lowest BCUT2D eigenvalue weighted by molar-refractivity contribution is -0.326. The van der Waals surface area contributed by atoms with Crippen molar-refractivity contribution in [2.45, 2.75) is 108 Å². The molecule has 2 heterocycles. The topological polar surface area (TPSA) is 129 Å². The summed E-state index contributed by atoms with van der Waals surface area (Å²) in [6, 6.07) is 0.0383. The van der Waals surface area contributed by atoms with E-state index < -0.39 is 30.1 Å². The van der Waals surface area contributed by atoms with Gasteiger partial charge in [0.15, 0.2) is 6.23 Å². The molecule has 4 N–H and O–H groups in total. The Bertz CT molecular complexity index is 974. The van der Waals surface area contributed by atoms with E-state index >= 15 is 0 Å². The molecule has 9 nitrogen and oxygen atoms in total. The number of aliphatic hydroxyl groups excluding tert-OH is 3. The molecule has 0 aromatic carbocycles. The number of nitrogens with zero attached hydrogens (tertiary/aromatic N) is 1. The molecule has 9 heteroatoms. The van der Waals surface area contributed by atoms with Crippen molar-refractivity contribution in [1.82, 2.24) is 5.06 Å². The molecule has 38 heavy (non-hydrogen) atoms. The minimum absolute atomic E-state index is 0.0383. The van der Waals surface area contributed by atoms with Crippen molar-refractivity contribution in [1.29, 1.82) is 0 Å². The van der Waals surface area contributed by atoms with Crippen molar-refractivity contribution in [2.75, 3.05) is 20.3 Å². The third-order valence-electron chi connectivity index (χ3n) is 12.3. The number of carbonyl (C=O) groups excluding carboxylic acids is 1. The highest BCUT2D eigenvalue weighted by Gasteiger charge is 2.68. The van der Waals surface area contributed by atoms with Crippen LogP contribution in [-0.4, -0.2) is 88.0 Å². The van der Waals surface area contributed by atoms with Crippen molar-refractivity contribution in [3.8, 4) is 0 Å². The molecule has 6 rings (SSSR count). The first-order chi connectivity index (χ1) is 18.0. The minimum atomic E-state index is -1.27. The number of aliphatic hydroxyl groups is 4. The smallest absolute Gasteiger partial charge is 0.331 e. The second kappa shape index (κ2) is 9.50.